The van der Waals surface area contributed by atoms with Gasteiger partial charge in [-0.1, -0.05) is 141 Å². The van der Waals surface area contributed by atoms with Crippen LogP contribution in [0.25, 0.3) is 0 Å². The smallest absolute Gasteiger partial charge is 0.121 e. The lowest BCUT2D eigenvalue weighted by Gasteiger charge is -2.41. The molecule has 0 bridgehead atoms. The van der Waals surface area contributed by atoms with Crippen molar-refractivity contribution in [3.63, 3.8) is 0 Å². The van der Waals surface area contributed by atoms with Crippen LogP contribution in [-0.4, -0.2) is 56.2 Å². The first-order valence-electron chi connectivity index (χ1n) is 22.6. The highest BCUT2D eigenvalue weighted by Gasteiger charge is 2.44. The van der Waals surface area contributed by atoms with Crippen molar-refractivity contribution in [1.29, 1.82) is 0 Å². The van der Waals surface area contributed by atoms with Crippen LogP contribution in [0.5, 0.6) is 17.2 Å². The second-order valence-corrected chi connectivity index (χ2v) is 16.8. The number of phenolic OH excluding ortho intramolecular Hbond substituents is 3. The third-order valence-electron chi connectivity index (χ3n) is 12.0. The van der Waals surface area contributed by atoms with Crippen molar-refractivity contribution in [2.45, 2.75) is 174 Å². The van der Waals surface area contributed by atoms with Crippen LogP contribution in [0.3, 0.4) is 0 Å². The molecule has 5 rings (SSSR count). The quantitative estimate of drug-likeness (QED) is 0.0484. The number of rotatable bonds is 29. The average molecular weight is 754 g/mol. The van der Waals surface area contributed by atoms with E-state index in [9.17, 15) is 15.3 Å². The molecular weight excluding hydrogens is 679 g/mol. The highest BCUT2D eigenvalue weighted by Crippen LogP contribution is 2.46. The van der Waals surface area contributed by atoms with E-state index in [1.54, 1.807) is 0 Å². The van der Waals surface area contributed by atoms with Crippen molar-refractivity contribution < 1.29 is 15.3 Å². The van der Waals surface area contributed by atoms with Gasteiger partial charge in [0.05, 0.1) is 12.3 Å². The number of hydrogen-bond acceptors (Lipinski definition) is 6. The summed E-state index contributed by atoms with van der Waals surface area (Å²) in [6.45, 7) is 11.1. The number of nitrogens with zero attached hydrogens (tertiary/aromatic N) is 3. The lowest BCUT2D eigenvalue weighted by molar-refractivity contribution is 0.0110. The summed E-state index contributed by atoms with van der Waals surface area (Å²) in [5.74, 6) is 0.952. The van der Waals surface area contributed by atoms with E-state index in [4.69, 9.17) is 0 Å². The molecule has 0 spiro atoms. The van der Waals surface area contributed by atoms with Gasteiger partial charge in [-0.2, -0.15) is 0 Å². The van der Waals surface area contributed by atoms with Crippen LogP contribution in [0.2, 0.25) is 0 Å². The molecule has 55 heavy (non-hydrogen) atoms. The number of aryl methyl sites for hydroxylation is 3. The first-order chi connectivity index (χ1) is 26.9. The minimum Gasteiger partial charge on any atom is -0.508 e. The van der Waals surface area contributed by atoms with E-state index < -0.39 is 0 Å². The summed E-state index contributed by atoms with van der Waals surface area (Å²) in [7, 11) is 0. The minimum atomic E-state index is -0.210. The van der Waals surface area contributed by atoms with Crippen molar-refractivity contribution in [2.24, 2.45) is 0 Å². The molecule has 6 nitrogen and oxygen atoms in total. The maximum Gasteiger partial charge on any atom is 0.121 e. The Bertz CT molecular complexity index is 1470. The molecule has 304 valence electrons. The monoisotopic (exact) mass is 754 g/mol. The standard InChI is InChI=1S/C49H75N3O3/c1-4-7-10-13-16-19-22-39-25-28-45(53)42(35-39)38-52(48(50-31-32-50)43-36-40(26-29-46(43)54)23-20-17-14-11-8-5-2)49(51-33-34-51)44-37-41(27-30-47(44)55)24-21-18-15-12-9-6-3/h25-30,35-37,48-49,53-55H,4-24,31-34,38H2,1-3H3. The van der Waals surface area contributed by atoms with Crippen molar-refractivity contribution in [3.8, 4) is 17.2 Å². The zero-order valence-corrected chi connectivity index (χ0v) is 34.9. The Morgan fingerprint density at radius 3 is 1.18 bits per heavy atom. The number of unbranched alkanes of at least 4 members (excludes halogenated alkanes) is 15. The Balaban J connectivity index is 1.47. The van der Waals surface area contributed by atoms with Gasteiger partial charge in [0.1, 0.15) is 17.2 Å². The van der Waals surface area contributed by atoms with E-state index in [2.05, 4.69) is 71.9 Å². The predicted octanol–water partition coefficient (Wildman–Crippen LogP) is 12.3. The van der Waals surface area contributed by atoms with Crippen LogP contribution >= 0.6 is 0 Å². The van der Waals surface area contributed by atoms with Gasteiger partial charge in [-0.15, -0.1) is 0 Å². The Labute approximate surface area is 335 Å². The van der Waals surface area contributed by atoms with Crippen molar-refractivity contribution in [3.05, 3.63) is 88.0 Å². The Morgan fingerprint density at radius 2 is 0.800 bits per heavy atom. The fourth-order valence-electron chi connectivity index (χ4n) is 8.46. The van der Waals surface area contributed by atoms with E-state index in [1.807, 2.05) is 18.2 Å². The second kappa shape index (κ2) is 23.2. The number of benzene rings is 3. The predicted molar refractivity (Wildman–Crippen MR) is 230 cm³/mol. The summed E-state index contributed by atoms with van der Waals surface area (Å²) in [6.07, 6.45) is 25.2. The third-order valence-corrected chi connectivity index (χ3v) is 12.0. The maximum atomic E-state index is 11.7. The zero-order chi connectivity index (χ0) is 38.8. The Morgan fingerprint density at radius 1 is 0.455 bits per heavy atom. The van der Waals surface area contributed by atoms with Crippen molar-refractivity contribution in [1.82, 2.24) is 14.7 Å². The largest absolute Gasteiger partial charge is 0.508 e. The third kappa shape index (κ3) is 13.8. The molecule has 6 heteroatoms. The first kappa shape index (κ1) is 43.1. The van der Waals surface area contributed by atoms with Crippen LogP contribution in [0, 0.1) is 0 Å². The van der Waals surface area contributed by atoms with Gasteiger partial charge < -0.3 is 15.3 Å². The average Bonchev–Trinajstić information content (AvgIpc) is 4.13. The van der Waals surface area contributed by atoms with Crippen LogP contribution in [0.1, 0.15) is 182 Å². The first-order valence-corrected chi connectivity index (χ1v) is 22.6. The van der Waals surface area contributed by atoms with E-state index in [0.29, 0.717) is 23.8 Å². The molecule has 2 aliphatic heterocycles. The molecule has 3 aromatic carbocycles. The fourth-order valence-corrected chi connectivity index (χ4v) is 8.46. The molecule has 2 fully saturated rings. The van der Waals surface area contributed by atoms with Gasteiger partial charge in [-0.25, -0.2) is 0 Å². The van der Waals surface area contributed by atoms with E-state index in [-0.39, 0.29) is 12.3 Å². The van der Waals surface area contributed by atoms with Gasteiger partial charge in [-0.05, 0) is 85.5 Å². The summed E-state index contributed by atoms with van der Waals surface area (Å²) in [5, 5.41) is 34.8. The summed E-state index contributed by atoms with van der Waals surface area (Å²) in [4.78, 5) is 7.35. The molecule has 0 aromatic heterocycles. The van der Waals surface area contributed by atoms with Gasteiger partial charge >= 0.3 is 0 Å². The summed E-state index contributed by atoms with van der Waals surface area (Å²) in [5.41, 5.74) is 6.57. The van der Waals surface area contributed by atoms with Gasteiger partial charge in [0, 0.05) is 49.4 Å². The Kier molecular flexibility index (Phi) is 18.2. The number of hydrogen-bond donors (Lipinski definition) is 3. The summed E-state index contributed by atoms with van der Waals surface area (Å²) < 4.78 is 0. The van der Waals surface area contributed by atoms with Crippen molar-refractivity contribution in [2.75, 3.05) is 26.2 Å². The lowest BCUT2D eigenvalue weighted by atomic mass is 9.97. The normalized spacial score (nSPS) is 15.5. The van der Waals surface area contributed by atoms with E-state index in [0.717, 1.165) is 81.4 Å². The van der Waals surface area contributed by atoms with Crippen LogP contribution < -0.4 is 0 Å². The number of aromatic hydroxyl groups is 3. The molecule has 0 radical (unpaired) electrons. The lowest BCUT2D eigenvalue weighted by Crippen LogP contribution is -2.40. The Hall–Kier alpha value is -3.06. The second-order valence-electron chi connectivity index (χ2n) is 16.8. The molecule has 2 unspecified atom stereocenters. The van der Waals surface area contributed by atoms with Gasteiger partial charge in [0.25, 0.3) is 0 Å². The SMILES string of the molecule is CCCCCCCCc1ccc(O)c(CN(C(c2cc(CCCCCCCC)ccc2O)N2CC2)C(c2cc(CCCCCCCC)ccc2O)N2CC2)c1. The molecule has 0 saturated carbocycles. The molecule has 0 aliphatic carbocycles. The van der Waals surface area contributed by atoms with Crippen LogP contribution in [0.4, 0.5) is 0 Å². The van der Waals surface area contributed by atoms with Gasteiger partial charge in [-0.3, -0.25) is 14.7 Å². The van der Waals surface area contributed by atoms with Crippen molar-refractivity contribution >= 4 is 0 Å². The zero-order valence-electron chi connectivity index (χ0n) is 34.9. The number of phenols is 3. The highest BCUT2D eigenvalue weighted by atomic mass is 16.3. The van der Waals surface area contributed by atoms with Gasteiger partial charge in [0.15, 0.2) is 0 Å². The van der Waals surface area contributed by atoms with E-state index >= 15 is 0 Å². The molecule has 2 saturated heterocycles. The highest BCUT2D eigenvalue weighted by molar-refractivity contribution is 5.43. The minimum absolute atomic E-state index is 0.210. The van der Waals surface area contributed by atoms with E-state index in [1.165, 1.54) is 113 Å². The molecule has 3 N–H and O–H groups in total. The maximum absolute atomic E-state index is 11.7. The van der Waals surface area contributed by atoms with Gasteiger partial charge in [0.2, 0.25) is 0 Å². The molecule has 2 aliphatic rings. The molecular formula is C49H75N3O3. The molecule has 2 heterocycles. The molecule has 2 atom stereocenters. The van der Waals surface area contributed by atoms with Crippen LogP contribution in [-0.2, 0) is 25.8 Å². The van der Waals surface area contributed by atoms with Crippen LogP contribution in [0.15, 0.2) is 54.6 Å². The summed E-state index contributed by atoms with van der Waals surface area (Å²) in [6, 6.07) is 18.7. The summed E-state index contributed by atoms with van der Waals surface area (Å²) >= 11 is 0. The molecule has 0 amide bonds. The molecule has 3 aromatic rings. The topological polar surface area (TPSA) is 70.0 Å². The fraction of sp³-hybridized carbons (Fsp3) is 0.633.